The van der Waals surface area contributed by atoms with Crippen molar-refractivity contribution in [1.29, 1.82) is 0 Å². The molecule has 0 amide bonds. The van der Waals surface area contributed by atoms with Crippen LogP contribution in [0.15, 0.2) is 48.5 Å². The van der Waals surface area contributed by atoms with E-state index in [1.165, 1.54) is 24.8 Å². The van der Waals surface area contributed by atoms with Gasteiger partial charge in [-0.3, -0.25) is 0 Å². The quantitative estimate of drug-likeness (QED) is 0.463. The van der Waals surface area contributed by atoms with E-state index >= 15 is 0 Å². The van der Waals surface area contributed by atoms with Crippen LogP contribution in [0.3, 0.4) is 0 Å². The summed E-state index contributed by atoms with van der Waals surface area (Å²) in [4.78, 5) is 0. The fourth-order valence-electron chi connectivity index (χ4n) is 2.96. The minimum absolute atomic E-state index is 0.0798. The van der Waals surface area contributed by atoms with Crippen molar-refractivity contribution in [2.24, 2.45) is 0 Å². The predicted molar refractivity (Wildman–Crippen MR) is 115 cm³/mol. The number of benzene rings is 2. The van der Waals surface area contributed by atoms with Crippen LogP contribution in [0.2, 0.25) is 0 Å². The van der Waals surface area contributed by atoms with E-state index < -0.39 is 0 Å². The summed E-state index contributed by atoms with van der Waals surface area (Å²) in [5.74, 6) is 1.91. The lowest BCUT2D eigenvalue weighted by molar-refractivity contribution is 0.305. The Morgan fingerprint density at radius 1 is 0.815 bits per heavy atom. The van der Waals surface area contributed by atoms with Gasteiger partial charge in [-0.2, -0.15) is 0 Å². The zero-order valence-electron chi connectivity index (χ0n) is 17.4. The normalized spacial score (nSPS) is 11.3. The molecule has 3 nitrogen and oxygen atoms in total. The van der Waals surface area contributed by atoms with Crippen molar-refractivity contribution in [2.45, 2.75) is 58.8 Å². The molecule has 0 aromatic heterocycles. The van der Waals surface area contributed by atoms with Crippen molar-refractivity contribution in [2.75, 3.05) is 25.1 Å². The second-order valence-electron chi connectivity index (χ2n) is 7.95. The van der Waals surface area contributed by atoms with Crippen LogP contribution in [-0.4, -0.2) is 19.8 Å². The van der Waals surface area contributed by atoms with Crippen LogP contribution in [0.5, 0.6) is 11.5 Å². The molecule has 3 heteroatoms. The first-order valence-electron chi connectivity index (χ1n) is 10.2. The number of ether oxygens (including phenoxy) is 2. The minimum atomic E-state index is 0.0798. The first kappa shape index (κ1) is 21.1. The van der Waals surface area contributed by atoms with E-state index in [0.717, 1.165) is 36.8 Å². The maximum atomic E-state index is 6.01. The molecule has 0 aliphatic heterocycles. The van der Waals surface area contributed by atoms with Crippen molar-refractivity contribution < 1.29 is 9.47 Å². The molecule has 2 aromatic rings. The highest BCUT2D eigenvalue weighted by molar-refractivity contribution is 5.46. The number of nitrogens with one attached hydrogen (secondary N) is 1. The Hall–Kier alpha value is -2.16. The molecule has 0 fully saturated rings. The Balaban J connectivity index is 1.72. The van der Waals surface area contributed by atoms with E-state index in [1.54, 1.807) is 0 Å². The fourth-order valence-corrected chi connectivity index (χ4v) is 2.96. The summed E-state index contributed by atoms with van der Waals surface area (Å²) in [6.07, 6.45) is 4.91. The summed E-state index contributed by atoms with van der Waals surface area (Å²) < 4.78 is 11.8. The average molecular weight is 370 g/mol. The minimum Gasteiger partial charge on any atom is -0.494 e. The molecule has 1 N–H and O–H groups in total. The van der Waals surface area contributed by atoms with E-state index in [2.05, 4.69) is 57.3 Å². The third-order valence-electron chi connectivity index (χ3n) is 4.50. The maximum Gasteiger partial charge on any atom is 0.123 e. The molecule has 0 saturated heterocycles. The van der Waals surface area contributed by atoms with Gasteiger partial charge in [0.15, 0.2) is 0 Å². The monoisotopic (exact) mass is 369 g/mol. The highest BCUT2D eigenvalue weighted by Gasteiger charge is 2.18. The Kier molecular flexibility index (Phi) is 8.50. The van der Waals surface area contributed by atoms with Gasteiger partial charge in [0.2, 0.25) is 0 Å². The van der Waals surface area contributed by atoms with Crippen LogP contribution in [0, 0.1) is 0 Å². The largest absolute Gasteiger partial charge is 0.494 e. The maximum absolute atomic E-state index is 6.01. The summed E-state index contributed by atoms with van der Waals surface area (Å²) in [5, 5.41) is 3.40. The second-order valence-corrected chi connectivity index (χ2v) is 7.95. The highest BCUT2D eigenvalue weighted by atomic mass is 16.5. The molecule has 0 spiro atoms. The fraction of sp³-hybridized carbons (Fsp3) is 0.500. The first-order chi connectivity index (χ1) is 13.0. The first-order valence-corrected chi connectivity index (χ1v) is 10.2. The summed E-state index contributed by atoms with van der Waals surface area (Å²) in [7, 11) is 0. The van der Waals surface area contributed by atoms with Gasteiger partial charge in [-0.25, -0.2) is 0 Å². The average Bonchev–Trinajstić information content (AvgIpc) is 2.66. The molecule has 0 aliphatic carbocycles. The number of rotatable bonds is 11. The lowest BCUT2D eigenvalue weighted by atomic mass is 9.86. The Bertz CT molecular complexity index is 659. The van der Waals surface area contributed by atoms with Crippen molar-refractivity contribution in [3.8, 4) is 11.5 Å². The van der Waals surface area contributed by atoms with Crippen LogP contribution < -0.4 is 14.8 Å². The summed E-state index contributed by atoms with van der Waals surface area (Å²) in [6.45, 7) is 11.0. The second kappa shape index (κ2) is 10.9. The number of para-hydroxylation sites is 1. The van der Waals surface area contributed by atoms with Crippen LogP contribution in [0.1, 0.15) is 58.9 Å². The Morgan fingerprint density at radius 3 is 2.26 bits per heavy atom. The van der Waals surface area contributed by atoms with Crippen LogP contribution >= 0.6 is 0 Å². The molecule has 0 saturated carbocycles. The Morgan fingerprint density at radius 2 is 1.56 bits per heavy atom. The SMILES string of the molecule is CCCCCCOc1ccc(NCCOc2ccccc2C(C)(C)C)cc1. The van der Waals surface area contributed by atoms with Crippen molar-refractivity contribution in [3.63, 3.8) is 0 Å². The molecule has 148 valence electrons. The van der Waals surface area contributed by atoms with Gasteiger partial charge >= 0.3 is 0 Å². The molecule has 0 unspecified atom stereocenters. The van der Waals surface area contributed by atoms with Crippen LogP contribution in [-0.2, 0) is 5.41 Å². The predicted octanol–water partition coefficient (Wildman–Crippen LogP) is 6.43. The van der Waals surface area contributed by atoms with Gasteiger partial charge in [0.25, 0.3) is 0 Å². The molecule has 2 aromatic carbocycles. The van der Waals surface area contributed by atoms with Gasteiger partial charge in [0.05, 0.1) is 6.61 Å². The van der Waals surface area contributed by atoms with Crippen LogP contribution in [0.4, 0.5) is 5.69 Å². The van der Waals surface area contributed by atoms with Gasteiger partial charge in [0, 0.05) is 12.2 Å². The lowest BCUT2D eigenvalue weighted by Crippen LogP contribution is -2.16. The van der Waals surface area contributed by atoms with Gasteiger partial charge in [0.1, 0.15) is 18.1 Å². The molecule has 0 radical (unpaired) electrons. The lowest BCUT2D eigenvalue weighted by Gasteiger charge is -2.22. The van der Waals surface area contributed by atoms with Gasteiger partial charge < -0.3 is 14.8 Å². The topological polar surface area (TPSA) is 30.5 Å². The zero-order valence-corrected chi connectivity index (χ0v) is 17.4. The number of anilines is 1. The smallest absolute Gasteiger partial charge is 0.123 e. The third kappa shape index (κ3) is 7.54. The third-order valence-corrected chi connectivity index (χ3v) is 4.50. The molecule has 0 atom stereocenters. The number of unbranched alkanes of at least 4 members (excludes halogenated alkanes) is 3. The molecule has 0 aliphatic rings. The zero-order chi connectivity index (χ0) is 19.5. The number of hydrogen-bond donors (Lipinski definition) is 1. The molecular formula is C24H35NO2. The molecule has 2 rings (SSSR count). The van der Waals surface area contributed by atoms with Gasteiger partial charge in [-0.15, -0.1) is 0 Å². The van der Waals surface area contributed by atoms with Crippen molar-refractivity contribution in [1.82, 2.24) is 0 Å². The molecule has 0 heterocycles. The standard InChI is InChI=1S/C24H35NO2/c1-5-6-7-10-18-26-21-15-13-20(14-16-21)25-17-19-27-23-12-9-8-11-22(23)24(2,3)4/h8-9,11-16,25H,5-7,10,17-19H2,1-4H3. The molecular weight excluding hydrogens is 334 g/mol. The van der Waals surface area contributed by atoms with E-state index in [4.69, 9.17) is 9.47 Å². The van der Waals surface area contributed by atoms with Crippen molar-refractivity contribution >= 4 is 5.69 Å². The van der Waals surface area contributed by atoms with Gasteiger partial charge in [-0.05, 0) is 47.7 Å². The van der Waals surface area contributed by atoms with Crippen molar-refractivity contribution in [3.05, 3.63) is 54.1 Å². The van der Waals surface area contributed by atoms with E-state index in [9.17, 15) is 0 Å². The van der Waals surface area contributed by atoms with E-state index in [1.807, 2.05) is 24.3 Å². The summed E-state index contributed by atoms with van der Waals surface area (Å²) in [5.41, 5.74) is 2.41. The highest BCUT2D eigenvalue weighted by Crippen LogP contribution is 2.30. The molecule has 27 heavy (non-hydrogen) atoms. The number of hydrogen-bond acceptors (Lipinski definition) is 3. The molecule has 0 bridgehead atoms. The summed E-state index contributed by atoms with van der Waals surface area (Å²) in [6, 6.07) is 16.5. The summed E-state index contributed by atoms with van der Waals surface area (Å²) >= 11 is 0. The van der Waals surface area contributed by atoms with Crippen LogP contribution in [0.25, 0.3) is 0 Å². The van der Waals surface area contributed by atoms with E-state index in [0.29, 0.717) is 6.61 Å². The Labute approximate surface area is 165 Å². The van der Waals surface area contributed by atoms with E-state index in [-0.39, 0.29) is 5.41 Å². The van der Waals surface area contributed by atoms with Gasteiger partial charge in [-0.1, -0.05) is 65.2 Å².